The summed E-state index contributed by atoms with van der Waals surface area (Å²) in [5.41, 5.74) is 1.36. The van der Waals surface area contributed by atoms with Crippen molar-refractivity contribution >= 4 is 35.1 Å². The number of benzene rings is 2. The number of halogens is 1. The summed E-state index contributed by atoms with van der Waals surface area (Å²) >= 11 is 0. The van der Waals surface area contributed by atoms with E-state index < -0.39 is 18.5 Å². The lowest BCUT2D eigenvalue weighted by atomic mass is 10.1. The number of esters is 1. The van der Waals surface area contributed by atoms with E-state index in [-0.39, 0.29) is 29.7 Å². The topological polar surface area (TPSA) is 105 Å². The molecule has 2 aromatic carbocycles. The van der Waals surface area contributed by atoms with Crippen molar-refractivity contribution in [1.82, 2.24) is 4.90 Å². The summed E-state index contributed by atoms with van der Waals surface area (Å²) in [5.74, 6) is -2.33. The average Bonchev–Trinajstić information content (AvgIpc) is 2.66. The van der Waals surface area contributed by atoms with Gasteiger partial charge in [-0.1, -0.05) is 12.1 Å². The molecular formula is C21H22FN3O5. The Kier molecular flexibility index (Phi) is 7.62. The molecule has 0 spiro atoms. The maximum absolute atomic E-state index is 13.0. The van der Waals surface area contributed by atoms with Crippen LogP contribution in [0.2, 0.25) is 0 Å². The number of hydrogen-bond acceptors (Lipinski definition) is 5. The Balaban J connectivity index is 2.03. The first-order valence-corrected chi connectivity index (χ1v) is 9.00. The Labute approximate surface area is 173 Å². The molecule has 0 unspecified atom stereocenters. The van der Waals surface area contributed by atoms with Gasteiger partial charge < -0.3 is 20.3 Å². The van der Waals surface area contributed by atoms with E-state index in [2.05, 4.69) is 10.6 Å². The Bertz CT molecular complexity index is 925. The van der Waals surface area contributed by atoms with E-state index in [0.717, 1.165) is 5.56 Å². The van der Waals surface area contributed by atoms with Crippen LogP contribution in [0.4, 0.5) is 15.8 Å². The maximum atomic E-state index is 13.0. The second kappa shape index (κ2) is 10.1. The van der Waals surface area contributed by atoms with Crippen molar-refractivity contribution < 1.29 is 28.3 Å². The molecule has 0 bridgehead atoms. The summed E-state index contributed by atoms with van der Waals surface area (Å²) in [5, 5.41) is 5.06. The van der Waals surface area contributed by atoms with E-state index in [9.17, 15) is 23.6 Å². The zero-order valence-corrected chi connectivity index (χ0v) is 16.8. The van der Waals surface area contributed by atoms with Crippen LogP contribution in [0.15, 0.2) is 42.5 Å². The third-order valence-corrected chi connectivity index (χ3v) is 3.89. The van der Waals surface area contributed by atoms with Crippen molar-refractivity contribution in [3.8, 4) is 0 Å². The molecule has 3 amide bonds. The number of nitrogens with one attached hydrogen (secondary N) is 2. The minimum Gasteiger partial charge on any atom is -0.452 e. The van der Waals surface area contributed by atoms with Crippen molar-refractivity contribution in [2.75, 3.05) is 24.3 Å². The van der Waals surface area contributed by atoms with Crippen molar-refractivity contribution in [2.45, 2.75) is 20.4 Å². The molecule has 2 rings (SSSR count). The van der Waals surface area contributed by atoms with E-state index in [4.69, 9.17) is 4.74 Å². The molecule has 0 radical (unpaired) electrons. The second-order valence-electron chi connectivity index (χ2n) is 6.61. The Hall–Kier alpha value is -3.75. The van der Waals surface area contributed by atoms with Crippen LogP contribution in [-0.2, 0) is 25.7 Å². The molecule has 0 saturated heterocycles. The SMILES string of the molecule is CC(=O)Nc1cc(NC(C)=O)cc(C(=O)OCC(=O)N(C)Cc2ccc(F)cc2)c1. The van der Waals surface area contributed by atoms with Crippen LogP contribution in [0.5, 0.6) is 0 Å². The smallest absolute Gasteiger partial charge is 0.338 e. The lowest BCUT2D eigenvalue weighted by Gasteiger charge is -2.17. The van der Waals surface area contributed by atoms with Gasteiger partial charge >= 0.3 is 5.97 Å². The number of ether oxygens (including phenoxy) is 1. The monoisotopic (exact) mass is 415 g/mol. The van der Waals surface area contributed by atoms with Crippen LogP contribution in [0, 0.1) is 5.82 Å². The average molecular weight is 415 g/mol. The van der Waals surface area contributed by atoms with E-state index in [1.807, 2.05) is 0 Å². The summed E-state index contributed by atoms with van der Waals surface area (Å²) in [6, 6.07) is 9.94. The van der Waals surface area contributed by atoms with Crippen LogP contribution in [-0.4, -0.2) is 42.2 Å². The molecule has 158 valence electrons. The Morgan fingerprint density at radius 1 is 0.933 bits per heavy atom. The van der Waals surface area contributed by atoms with Gasteiger partial charge in [-0.2, -0.15) is 0 Å². The molecular weight excluding hydrogens is 393 g/mol. The molecule has 2 aromatic rings. The summed E-state index contributed by atoms with van der Waals surface area (Å²) in [6.45, 7) is 2.33. The minimum atomic E-state index is -0.794. The highest BCUT2D eigenvalue weighted by Crippen LogP contribution is 2.20. The van der Waals surface area contributed by atoms with Gasteiger partial charge in [0.15, 0.2) is 6.61 Å². The van der Waals surface area contributed by atoms with Crippen LogP contribution in [0.25, 0.3) is 0 Å². The van der Waals surface area contributed by atoms with Gasteiger partial charge in [0.2, 0.25) is 11.8 Å². The maximum Gasteiger partial charge on any atom is 0.338 e. The number of likely N-dealkylation sites (N-methyl/N-ethyl adjacent to an activating group) is 1. The first-order chi connectivity index (χ1) is 14.1. The third kappa shape index (κ3) is 7.01. The number of amides is 3. The van der Waals surface area contributed by atoms with Crippen molar-refractivity contribution in [3.05, 3.63) is 59.4 Å². The highest BCUT2D eigenvalue weighted by atomic mass is 19.1. The minimum absolute atomic E-state index is 0.0546. The molecule has 8 nitrogen and oxygen atoms in total. The van der Waals surface area contributed by atoms with Gasteiger partial charge in [0.05, 0.1) is 5.56 Å². The fraction of sp³-hybridized carbons (Fsp3) is 0.238. The van der Waals surface area contributed by atoms with Crippen molar-refractivity contribution in [1.29, 1.82) is 0 Å². The molecule has 2 N–H and O–H groups in total. The first-order valence-electron chi connectivity index (χ1n) is 9.00. The zero-order valence-electron chi connectivity index (χ0n) is 16.8. The number of rotatable bonds is 7. The van der Waals surface area contributed by atoms with Gasteiger partial charge in [-0.15, -0.1) is 0 Å². The van der Waals surface area contributed by atoms with Crippen molar-refractivity contribution in [3.63, 3.8) is 0 Å². The third-order valence-electron chi connectivity index (χ3n) is 3.89. The van der Waals surface area contributed by atoms with Gasteiger partial charge in [0.25, 0.3) is 5.91 Å². The molecule has 0 heterocycles. The number of anilines is 2. The Morgan fingerprint density at radius 2 is 1.47 bits per heavy atom. The highest BCUT2D eigenvalue weighted by Gasteiger charge is 2.16. The fourth-order valence-corrected chi connectivity index (χ4v) is 2.57. The van der Waals surface area contributed by atoms with E-state index in [1.165, 1.54) is 56.1 Å². The second-order valence-corrected chi connectivity index (χ2v) is 6.61. The fourth-order valence-electron chi connectivity index (χ4n) is 2.57. The summed E-state index contributed by atoms with van der Waals surface area (Å²) < 4.78 is 18.0. The van der Waals surface area contributed by atoms with Gasteiger partial charge in [-0.3, -0.25) is 14.4 Å². The van der Waals surface area contributed by atoms with Crippen molar-refractivity contribution in [2.24, 2.45) is 0 Å². The van der Waals surface area contributed by atoms with Crippen LogP contribution in [0.1, 0.15) is 29.8 Å². The van der Waals surface area contributed by atoms with Crippen LogP contribution < -0.4 is 10.6 Å². The molecule has 30 heavy (non-hydrogen) atoms. The molecule has 0 atom stereocenters. The standard InChI is InChI=1S/C21H22FN3O5/c1-13(26)23-18-8-16(9-19(10-18)24-14(2)27)21(29)30-12-20(28)25(3)11-15-4-6-17(22)7-5-15/h4-10H,11-12H2,1-3H3,(H,23,26)(H,24,27). The lowest BCUT2D eigenvalue weighted by Crippen LogP contribution is -2.30. The van der Waals surface area contributed by atoms with E-state index in [1.54, 1.807) is 12.1 Å². The lowest BCUT2D eigenvalue weighted by molar-refractivity contribution is -0.133. The van der Waals surface area contributed by atoms with E-state index >= 15 is 0 Å². The summed E-state index contributed by atoms with van der Waals surface area (Å²) in [4.78, 5) is 48.6. The van der Waals surface area contributed by atoms with Crippen LogP contribution in [0.3, 0.4) is 0 Å². The van der Waals surface area contributed by atoms with Gasteiger partial charge in [-0.25, -0.2) is 9.18 Å². The first kappa shape index (κ1) is 22.5. The molecule has 0 fully saturated rings. The van der Waals surface area contributed by atoms with E-state index in [0.29, 0.717) is 11.4 Å². The molecule has 0 aliphatic heterocycles. The quantitative estimate of drug-likeness (QED) is 0.677. The zero-order chi connectivity index (χ0) is 22.3. The summed E-state index contributed by atoms with van der Waals surface area (Å²) in [7, 11) is 1.53. The highest BCUT2D eigenvalue weighted by molar-refractivity contribution is 5.98. The van der Waals surface area contributed by atoms with Gasteiger partial charge in [0.1, 0.15) is 5.82 Å². The Morgan fingerprint density at radius 3 is 1.97 bits per heavy atom. The van der Waals surface area contributed by atoms with Crippen LogP contribution >= 0.6 is 0 Å². The van der Waals surface area contributed by atoms with Gasteiger partial charge in [-0.05, 0) is 35.9 Å². The molecule has 0 aromatic heterocycles. The number of hydrogen-bond donors (Lipinski definition) is 2. The molecule has 0 saturated carbocycles. The van der Waals surface area contributed by atoms with Gasteiger partial charge in [0, 0.05) is 38.8 Å². The molecule has 9 heteroatoms. The molecule has 0 aliphatic rings. The predicted molar refractivity (Wildman–Crippen MR) is 108 cm³/mol. The number of carbonyl (C=O) groups excluding carboxylic acids is 4. The number of carbonyl (C=O) groups is 4. The summed E-state index contributed by atoms with van der Waals surface area (Å²) in [6.07, 6.45) is 0. The normalized spacial score (nSPS) is 10.1. The largest absolute Gasteiger partial charge is 0.452 e. The molecule has 0 aliphatic carbocycles. The predicted octanol–water partition coefficient (Wildman–Crippen LogP) is 2.56. The number of nitrogens with zero attached hydrogens (tertiary/aromatic N) is 1.